The number of rotatable bonds is 1. The second kappa shape index (κ2) is 3.31. The van der Waals surface area contributed by atoms with E-state index in [4.69, 9.17) is 4.74 Å². The lowest BCUT2D eigenvalue weighted by Gasteiger charge is -2.10. The van der Waals surface area contributed by atoms with Crippen molar-refractivity contribution in [2.45, 2.75) is 25.6 Å². The summed E-state index contributed by atoms with van der Waals surface area (Å²) in [5.74, 6) is 0.800. The topological polar surface area (TPSA) is 29.5 Å². The zero-order chi connectivity index (χ0) is 9.42. The van der Waals surface area contributed by atoms with Crippen LogP contribution >= 0.6 is 15.9 Å². The summed E-state index contributed by atoms with van der Waals surface area (Å²) in [6, 6.07) is 5.72. The van der Waals surface area contributed by atoms with E-state index in [0.717, 1.165) is 22.2 Å². The Kier molecular flexibility index (Phi) is 2.30. The molecule has 13 heavy (non-hydrogen) atoms. The zero-order valence-electron chi connectivity index (χ0n) is 7.33. The maximum absolute atomic E-state index is 9.79. The first-order valence-corrected chi connectivity index (χ1v) is 5.16. The van der Waals surface area contributed by atoms with Gasteiger partial charge in [0.05, 0.1) is 0 Å². The fourth-order valence-corrected chi connectivity index (χ4v) is 1.93. The fraction of sp³-hybridized carbons (Fsp3) is 0.400. The average Bonchev–Trinajstić information content (AvgIpc) is 2.42. The minimum atomic E-state index is -0.465. The van der Waals surface area contributed by atoms with Crippen molar-refractivity contribution in [1.82, 2.24) is 0 Å². The van der Waals surface area contributed by atoms with Crippen molar-refractivity contribution < 1.29 is 9.84 Å². The Morgan fingerprint density at radius 1 is 1.54 bits per heavy atom. The predicted molar refractivity (Wildman–Crippen MR) is 53.8 cm³/mol. The second-order valence-corrected chi connectivity index (χ2v) is 4.11. The van der Waals surface area contributed by atoms with Gasteiger partial charge in [0, 0.05) is 10.0 Å². The maximum Gasteiger partial charge on any atom is 0.129 e. The molecule has 0 saturated heterocycles. The van der Waals surface area contributed by atoms with E-state index in [1.54, 1.807) is 0 Å². The lowest BCUT2D eigenvalue weighted by molar-refractivity contribution is 0.0653. The molecule has 1 aliphatic heterocycles. The van der Waals surface area contributed by atoms with Gasteiger partial charge in [-0.2, -0.15) is 0 Å². The molecule has 1 aliphatic rings. The van der Waals surface area contributed by atoms with Crippen molar-refractivity contribution in [2.24, 2.45) is 0 Å². The number of aliphatic hydroxyl groups is 1. The Morgan fingerprint density at radius 3 is 3.00 bits per heavy atom. The summed E-state index contributed by atoms with van der Waals surface area (Å²) < 4.78 is 6.55. The lowest BCUT2D eigenvalue weighted by Crippen LogP contribution is -2.16. The molecule has 70 valence electrons. The van der Waals surface area contributed by atoms with E-state index < -0.39 is 6.10 Å². The summed E-state index contributed by atoms with van der Waals surface area (Å²) in [6.07, 6.45) is 0.283. The number of halogens is 1. The molecule has 0 saturated carbocycles. The van der Waals surface area contributed by atoms with E-state index in [1.165, 1.54) is 0 Å². The van der Waals surface area contributed by atoms with Crippen molar-refractivity contribution in [3.05, 3.63) is 28.2 Å². The minimum Gasteiger partial charge on any atom is -0.487 e. The van der Waals surface area contributed by atoms with Gasteiger partial charge in [-0.15, -0.1) is 0 Å². The van der Waals surface area contributed by atoms with Crippen LogP contribution in [-0.2, 0) is 0 Å². The van der Waals surface area contributed by atoms with Crippen LogP contribution in [0.4, 0.5) is 0 Å². The molecule has 2 rings (SSSR count). The minimum absolute atomic E-state index is 0.0794. The van der Waals surface area contributed by atoms with Crippen molar-refractivity contribution >= 4 is 15.9 Å². The normalized spacial score (nSPS) is 25.5. The second-order valence-electron chi connectivity index (χ2n) is 3.19. The molecule has 0 bridgehead atoms. The molecule has 0 radical (unpaired) electrons. The molecular weight excluding hydrogens is 232 g/mol. The van der Waals surface area contributed by atoms with Gasteiger partial charge in [0.15, 0.2) is 0 Å². The molecule has 1 heterocycles. The van der Waals surface area contributed by atoms with Crippen LogP contribution in [0.2, 0.25) is 0 Å². The molecule has 0 spiro atoms. The Balaban J connectivity index is 2.38. The number of hydrogen-bond donors (Lipinski definition) is 1. The van der Waals surface area contributed by atoms with E-state index in [-0.39, 0.29) is 6.10 Å². The Bertz CT molecular complexity index is 325. The summed E-state index contributed by atoms with van der Waals surface area (Å²) >= 11 is 3.37. The molecule has 2 nitrogen and oxygen atoms in total. The van der Waals surface area contributed by atoms with Crippen LogP contribution in [0, 0.1) is 0 Å². The van der Waals surface area contributed by atoms with Crippen LogP contribution in [0.15, 0.2) is 22.7 Å². The summed E-state index contributed by atoms with van der Waals surface area (Å²) in [7, 11) is 0. The van der Waals surface area contributed by atoms with Gasteiger partial charge in [0.1, 0.15) is 18.0 Å². The molecule has 2 atom stereocenters. The maximum atomic E-state index is 9.79. The van der Waals surface area contributed by atoms with Crippen molar-refractivity contribution in [3.8, 4) is 5.75 Å². The summed E-state index contributed by atoms with van der Waals surface area (Å²) in [4.78, 5) is 0. The number of fused-ring (bicyclic) bond motifs is 1. The molecule has 1 N–H and O–H groups in total. The third-order valence-electron chi connectivity index (χ3n) is 2.33. The van der Waals surface area contributed by atoms with Gasteiger partial charge < -0.3 is 9.84 Å². The first-order chi connectivity index (χ1) is 6.22. The van der Waals surface area contributed by atoms with E-state index in [1.807, 2.05) is 25.1 Å². The summed E-state index contributed by atoms with van der Waals surface area (Å²) in [6.45, 7) is 2.01. The van der Waals surface area contributed by atoms with Crippen LogP contribution < -0.4 is 4.74 Å². The molecule has 1 aromatic carbocycles. The zero-order valence-corrected chi connectivity index (χ0v) is 8.91. The molecule has 0 fully saturated rings. The lowest BCUT2D eigenvalue weighted by atomic mass is 10.1. The number of aliphatic hydroxyl groups excluding tert-OH is 1. The standard InChI is InChI=1S/C10H11BrO2/c1-2-8-10(12)7-4-3-6(11)5-9(7)13-8/h3-5,8,10,12H,2H2,1H3. The Morgan fingerprint density at radius 2 is 2.31 bits per heavy atom. The van der Waals surface area contributed by atoms with E-state index in [2.05, 4.69) is 15.9 Å². The first kappa shape index (κ1) is 9.03. The quantitative estimate of drug-likeness (QED) is 0.821. The van der Waals surface area contributed by atoms with Crippen LogP contribution in [0.25, 0.3) is 0 Å². The van der Waals surface area contributed by atoms with Gasteiger partial charge in [0.2, 0.25) is 0 Å². The first-order valence-electron chi connectivity index (χ1n) is 4.36. The van der Waals surface area contributed by atoms with Gasteiger partial charge in [-0.25, -0.2) is 0 Å². The molecule has 0 amide bonds. The van der Waals surface area contributed by atoms with Crippen molar-refractivity contribution in [1.29, 1.82) is 0 Å². The highest BCUT2D eigenvalue weighted by Gasteiger charge is 2.31. The van der Waals surface area contributed by atoms with Crippen LogP contribution in [0.5, 0.6) is 5.75 Å². The average molecular weight is 243 g/mol. The van der Waals surface area contributed by atoms with Crippen molar-refractivity contribution in [3.63, 3.8) is 0 Å². The summed E-state index contributed by atoms with van der Waals surface area (Å²) in [5, 5.41) is 9.79. The molecule has 0 aromatic heterocycles. The highest BCUT2D eigenvalue weighted by Crippen LogP contribution is 2.39. The summed E-state index contributed by atoms with van der Waals surface area (Å²) in [5.41, 5.74) is 0.898. The van der Waals surface area contributed by atoms with Gasteiger partial charge in [-0.1, -0.05) is 28.9 Å². The molecular formula is C10H11BrO2. The predicted octanol–water partition coefficient (Wildman–Crippen LogP) is 2.65. The van der Waals surface area contributed by atoms with Gasteiger partial charge >= 0.3 is 0 Å². The van der Waals surface area contributed by atoms with Crippen LogP contribution in [0.1, 0.15) is 25.0 Å². The highest BCUT2D eigenvalue weighted by molar-refractivity contribution is 9.10. The number of benzene rings is 1. The Hall–Kier alpha value is -0.540. The number of ether oxygens (including phenoxy) is 1. The van der Waals surface area contributed by atoms with E-state index in [9.17, 15) is 5.11 Å². The smallest absolute Gasteiger partial charge is 0.129 e. The monoisotopic (exact) mass is 242 g/mol. The van der Waals surface area contributed by atoms with Crippen molar-refractivity contribution in [2.75, 3.05) is 0 Å². The third kappa shape index (κ3) is 1.46. The van der Waals surface area contributed by atoms with Gasteiger partial charge in [-0.3, -0.25) is 0 Å². The molecule has 3 heteroatoms. The molecule has 1 aromatic rings. The van der Waals surface area contributed by atoms with Crippen LogP contribution in [-0.4, -0.2) is 11.2 Å². The van der Waals surface area contributed by atoms with E-state index >= 15 is 0 Å². The van der Waals surface area contributed by atoms with Gasteiger partial charge in [0.25, 0.3) is 0 Å². The van der Waals surface area contributed by atoms with E-state index in [0.29, 0.717) is 0 Å². The largest absolute Gasteiger partial charge is 0.487 e. The SMILES string of the molecule is CCC1Oc2cc(Br)ccc2C1O. The number of hydrogen-bond acceptors (Lipinski definition) is 2. The van der Waals surface area contributed by atoms with Crippen LogP contribution in [0.3, 0.4) is 0 Å². The highest BCUT2D eigenvalue weighted by atomic mass is 79.9. The fourth-order valence-electron chi connectivity index (χ4n) is 1.59. The molecule has 2 unspecified atom stereocenters. The third-order valence-corrected chi connectivity index (χ3v) is 2.82. The Labute approximate surface area is 85.7 Å². The molecule has 0 aliphatic carbocycles. The van der Waals surface area contributed by atoms with Gasteiger partial charge in [-0.05, 0) is 18.6 Å².